The second-order valence-electron chi connectivity index (χ2n) is 5.02. The Morgan fingerprint density at radius 3 is 2.88 bits per heavy atom. The SMILES string of the molecule is CCCn1ccnc1C(NN)C1CCCCC1. The molecule has 0 saturated heterocycles. The summed E-state index contributed by atoms with van der Waals surface area (Å²) in [6, 6.07) is 0.219. The maximum Gasteiger partial charge on any atom is 0.127 e. The van der Waals surface area contributed by atoms with Crippen molar-refractivity contribution in [3.63, 3.8) is 0 Å². The van der Waals surface area contributed by atoms with E-state index in [1.807, 2.05) is 6.20 Å². The van der Waals surface area contributed by atoms with Crippen molar-refractivity contribution in [1.29, 1.82) is 0 Å². The van der Waals surface area contributed by atoms with E-state index in [9.17, 15) is 0 Å². The number of hydrogen-bond acceptors (Lipinski definition) is 3. The first-order chi connectivity index (χ1) is 8.36. The molecule has 0 bridgehead atoms. The van der Waals surface area contributed by atoms with Gasteiger partial charge in [-0.05, 0) is 25.2 Å². The van der Waals surface area contributed by atoms with Crippen LogP contribution < -0.4 is 11.3 Å². The van der Waals surface area contributed by atoms with Gasteiger partial charge in [-0.1, -0.05) is 26.2 Å². The number of nitrogens with one attached hydrogen (secondary N) is 1. The van der Waals surface area contributed by atoms with Crippen molar-refractivity contribution in [3.8, 4) is 0 Å². The maximum atomic E-state index is 5.76. The Morgan fingerprint density at radius 1 is 1.47 bits per heavy atom. The molecule has 1 unspecified atom stereocenters. The molecular formula is C13H24N4. The van der Waals surface area contributed by atoms with Crippen LogP contribution >= 0.6 is 0 Å². The molecule has 1 heterocycles. The zero-order valence-electron chi connectivity index (χ0n) is 10.7. The normalized spacial score (nSPS) is 19.4. The summed E-state index contributed by atoms with van der Waals surface area (Å²) in [4.78, 5) is 4.50. The lowest BCUT2D eigenvalue weighted by molar-refractivity contribution is 0.260. The first kappa shape index (κ1) is 12.6. The van der Waals surface area contributed by atoms with E-state index < -0.39 is 0 Å². The third kappa shape index (κ3) is 2.87. The monoisotopic (exact) mass is 236 g/mol. The molecule has 0 aromatic carbocycles. The molecule has 1 fully saturated rings. The minimum atomic E-state index is 0.219. The Hall–Kier alpha value is -0.870. The van der Waals surface area contributed by atoms with Gasteiger partial charge in [-0.2, -0.15) is 0 Å². The fourth-order valence-corrected chi connectivity index (χ4v) is 2.92. The van der Waals surface area contributed by atoms with E-state index in [0.29, 0.717) is 5.92 Å². The number of hydrogen-bond donors (Lipinski definition) is 2. The van der Waals surface area contributed by atoms with Gasteiger partial charge >= 0.3 is 0 Å². The van der Waals surface area contributed by atoms with Crippen LogP contribution in [0.2, 0.25) is 0 Å². The van der Waals surface area contributed by atoms with Gasteiger partial charge in [0.15, 0.2) is 0 Å². The molecule has 96 valence electrons. The van der Waals surface area contributed by atoms with Gasteiger partial charge in [-0.15, -0.1) is 0 Å². The molecule has 2 rings (SSSR count). The second kappa shape index (κ2) is 6.17. The molecule has 3 N–H and O–H groups in total. The lowest BCUT2D eigenvalue weighted by atomic mass is 9.84. The van der Waals surface area contributed by atoms with E-state index in [-0.39, 0.29) is 6.04 Å². The van der Waals surface area contributed by atoms with Crippen LogP contribution in [0, 0.1) is 5.92 Å². The van der Waals surface area contributed by atoms with Crippen LogP contribution in [-0.2, 0) is 6.54 Å². The Balaban J connectivity index is 2.12. The lowest BCUT2D eigenvalue weighted by Gasteiger charge is -2.29. The van der Waals surface area contributed by atoms with Crippen molar-refractivity contribution < 1.29 is 0 Å². The quantitative estimate of drug-likeness (QED) is 0.609. The zero-order valence-corrected chi connectivity index (χ0v) is 10.7. The Labute approximate surface area is 104 Å². The number of rotatable bonds is 5. The highest BCUT2D eigenvalue weighted by molar-refractivity contribution is 5.01. The summed E-state index contributed by atoms with van der Waals surface area (Å²) in [7, 11) is 0. The molecule has 1 saturated carbocycles. The average molecular weight is 236 g/mol. The largest absolute Gasteiger partial charge is 0.334 e. The molecule has 1 aromatic heterocycles. The predicted octanol–water partition coefficient (Wildman–Crippen LogP) is 2.38. The summed E-state index contributed by atoms with van der Waals surface area (Å²) in [5, 5.41) is 0. The Bertz CT molecular complexity index is 328. The predicted molar refractivity (Wildman–Crippen MR) is 69.2 cm³/mol. The summed E-state index contributed by atoms with van der Waals surface area (Å²) in [6.45, 7) is 3.22. The molecule has 0 aliphatic heterocycles. The zero-order chi connectivity index (χ0) is 12.1. The van der Waals surface area contributed by atoms with E-state index in [0.717, 1.165) is 18.8 Å². The van der Waals surface area contributed by atoms with Crippen LogP contribution in [0.25, 0.3) is 0 Å². The van der Waals surface area contributed by atoms with Gasteiger partial charge in [-0.3, -0.25) is 5.84 Å². The molecular weight excluding hydrogens is 212 g/mol. The maximum absolute atomic E-state index is 5.76. The topological polar surface area (TPSA) is 55.9 Å². The van der Waals surface area contributed by atoms with Gasteiger partial charge in [0.05, 0.1) is 6.04 Å². The lowest BCUT2D eigenvalue weighted by Crippen LogP contribution is -2.36. The van der Waals surface area contributed by atoms with Gasteiger partial charge in [0.1, 0.15) is 5.82 Å². The molecule has 1 aromatic rings. The van der Waals surface area contributed by atoms with E-state index in [1.165, 1.54) is 32.1 Å². The second-order valence-corrected chi connectivity index (χ2v) is 5.02. The fraction of sp³-hybridized carbons (Fsp3) is 0.769. The number of aryl methyl sites for hydroxylation is 1. The summed E-state index contributed by atoms with van der Waals surface area (Å²) in [5.74, 6) is 7.51. The van der Waals surface area contributed by atoms with E-state index in [2.05, 4.69) is 28.1 Å². The summed E-state index contributed by atoms with van der Waals surface area (Å²) in [5.41, 5.74) is 2.99. The van der Waals surface area contributed by atoms with Crippen molar-refractivity contribution in [2.75, 3.05) is 0 Å². The first-order valence-corrected chi connectivity index (χ1v) is 6.84. The van der Waals surface area contributed by atoms with Crippen LogP contribution in [0.4, 0.5) is 0 Å². The summed E-state index contributed by atoms with van der Waals surface area (Å²) in [6.07, 6.45) is 11.7. The number of nitrogens with two attached hydrogens (primary N) is 1. The van der Waals surface area contributed by atoms with Gasteiger partial charge in [0.25, 0.3) is 0 Å². The average Bonchev–Trinajstić information content (AvgIpc) is 2.81. The van der Waals surface area contributed by atoms with Crippen LogP contribution in [-0.4, -0.2) is 9.55 Å². The van der Waals surface area contributed by atoms with Crippen LogP contribution in [0.1, 0.15) is 57.3 Å². The molecule has 1 atom stereocenters. The van der Waals surface area contributed by atoms with Gasteiger partial charge in [0.2, 0.25) is 0 Å². The minimum Gasteiger partial charge on any atom is -0.334 e. The number of hydrazine groups is 1. The molecule has 4 heteroatoms. The summed E-state index contributed by atoms with van der Waals surface area (Å²) < 4.78 is 2.24. The number of nitrogens with zero attached hydrogens (tertiary/aromatic N) is 2. The molecule has 1 aliphatic rings. The molecule has 1 aliphatic carbocycles. The molecule has 0 amide bonds. The van der Waals surface area contributed by atoms with Gasteiger partial charge in [0, 0.05) is 18.9 Å². The van der Waals surface area contributed by atoms with Crippen molar-refractivity contribution >= 4 is 0 Å². The Kier molecular flexibility index (Phi) is 4.57. The van der Waals surface area contributed by atoms with Gasteiger partial charge in [-0.25, -0.2) is 10.4 Å². The Morgan fingerprint density at radius 2 is 2.24 bits per heavy atom. The fourth-order valence-electron chi connectivity index (χ4n) is 2.92. The van der Waals surface area contributed by atoms with Crippen LogP contribution in [0.3, 0.4) is 0 Å². The van der Waals surface area contributed by atoms with Crippen LogP contribution in [0.15, 0.2) is 12.4 Å². The first-order valence-electron chi connectivity index (χ1n) is 6.84. The highest BCUT2D eigenvalue weighted by Crippen LogP contribution is 2.33. The molecule has 0 spiro atoms. The summed E-state index contributed by atoms with van der Waals surface area (Å²) >= 11 is 0. The minimum absolute atomic E-state index is 0.219. The van der Waals surface area contributed by atoms with Gasteiger partial charge < -0.3 is 4.57 Å². The molecule has 0 radical (unpaired) electrons. The van der Waals surface area contributed by atoms with Crippen molar-refractivity contribution in [3.05, 3.63) is 18.2 Å². The standard InChI is InChI=1S/C13H24N4/c1-2-9-17-10-8-15-13(17)12(16-14)11-6-4-3-5-7-11/h8,10-12,16H,2-7,9,14H2,1H3. The highest BCUT2D eigenvalue weighted by Gasteiger charge is 2.27. The van der Waals surface area contributed by atoms with Crippen molar-refractivity contribution in [2.24, 2.45) is 11.8 Å². The van der Waals surface area contributed by atoms with Crippen molar-refractivity contribution in [2.45, 2.75) is 58.0 Å². The molecule has 4 nitrogen and oxygen atoms in total. The van der Waals surface area contributed by atoms with Crippen molar-refractivity contribution in [1.82, 2.24) is 15.0 Å². The number of aromatic nitrogens is 2. The van der Waals surface area contributed by atoms with E-state index in [4.69, 9.17) is 5.84 Å². The van der Waals surface area contributed by atoms with E-state index >= 15 is 0 Å². The number of imidazole rings is 1. The third-order valence-corrected chi connectivity index (χ3v) is 3.79. The molecule has 17 heavy (non-hydrogen) atoms. The smallest absolute Gasteiger partial charge is 0.127 e. The van der Waals surface area contributed by atoms with E-state index in [1.54, 1.807) is 0 Å². The third-order valence-electron chi connectivity index (χ3n) is 3.79. The highest BCUT2D eigenvalue weighted by atomic mass is 15.3. The van der Waals surface area contributed by atoms with Crippen LogP contribution in [0.5, 0.6) is 0 Å².